The summed E-state index contributed by atoms with van der Waals surface area (Å²) >= 11 is 2.92. The Bertz CT molecular complexity index is 667. The Balaban J connectivity index is 2.20. The Morgan fingerprint density at radius 2 is 1.95 bits per heavy atom. The number of anilines is 1. The normalized spacial score (nSPS) is 10.3. The summed E-state index contributed by atoms with van der Waals surface area (Å²) in [6, 6.07) is 9.10. The first kappa shape index (κ1) is 16.6. The molecule has 0 aliphatic heterocycles. The summed E-state index contributed by atoms with van der Waals surface area (Å²) in [7, 11) is 0. The second kappa shape index (κ2) is 8.00. The van der Waals surface area contributed by atoms with Crippen LogP contribution in [0, 0.1) is 0 Å². The van der Waals surface area contributed by atoms with Gasteiger partial charge in [-0.15, -0.1) is 23.1 Å². The minimum atomic E-state index is -0.421. The van der Waals surface area contributed by atoms with E-state index in [2.05, 4.69) is 5.32 Å². The monoisotopic (exact) mass is 335 g/mol. The second-order valence-corrected chi connectivity index (χ2v) is 6.49. The van der Waals surface area contributed by atoms with Crippen LogP contribution in [-0.4, -0.2) is 24.2 Å². The molecular formula is C16H17NO3S2. The molecule has 0 spiro atoms. The third kappa shape index (κ3) is 3.90. The van der Waals surface area contributed by atoms with E-state index in [1.807, 2.05) is 25.1 Å². The Morgan fingerprint density at radius 1 is 1.18 bits per heavy atom. The van der Waals surface area contributed by atoms with E-state index >= 15 is 0 Å². The second-order valence-electron chi connectivity index (χ2n) is 4.27. The molecule has 0 saturated heterocycles. The highest BCUT2D eigenvalue weighted by Crippen LogP contribution is 2.27. The van der Waals surface area contributed by atoms with Gasteiger partial charge in [-0.05, 0) is 36.3 Å². The Labute approximate surface area is 137 Å². The minimum Gasteiger partial charge on any atom is -0.462 e. The number of esters is 1. The SMILES string of the molecule is CCOC(=O)c1ccsc1NC(=O)c1ccccc1SCC. The van der Waals surface area contributed by atoms with Crippen LogP contribution in [-0.2, 0) is 4.74 Å². The molecule has 2 aromatic rings. The molecule has 0 radical (unpaired) electrons. The highest BCUT2D eigenvalue weighted by Gasteiger charge is 2.18. The summed E-state index contributed by atoms with van der Waals surface area (Å²) in [5.74, 6) is 0.247. The third-order valence-corrected chi connectivity index (χ3v) is 4.60. The van der Waals surface area contributed by atoms with E-state index in [4.69, 9.17) is 4.74 Å². The molecule has 0 atom stereocenters. The van der Waals surface area contributed by atoms with Crippen LogP contribution in [0.15, 0.2) is 40.6 Å². The number of thiophene rings is 1. The number of nitrogens with one attached hydrogen (secondary N) is 1. The van der Waals surface area contributed by atoms with Gasteiger partial charge in [-0.1, -0.05) is 19.1 Å². The molecule has 4 nitrogen and oxygen atoms in total. The molecule has 116 valence electrons. The number of ether oxygens (including phenoxy) is 1. The van der Waals surface area contributed by atoms with Crippen LogP contribution < -0.4 is 5.32 Å². The summed E-state index contributed by atoms with van der Waals surface area (Å²) in [6.07, 6.45) is 0. The molecule has 22 heavy (non-hydrogen) atoms. The Hall–Kier alpha value is -1.79. The van der Waals surface area contributed by atoms with Gasteiger partial charge in [-0.25, -0.2) is 4.79 Å². The minimum absolute atomic E-state index is 0.218. The molecule has 0 fully saturated rings. The number of benzene rings is 1. The first-order valence-corrected chi connectivity index (χ1v) is 8.81. The van der Waals surface area contributed by atoms with Crippen molar-refractivity contribution in [1.29, 1.82) is 0 Å². The molecule has 1 aromatic carbocycles. The predicted molar refractivity (Wildman–Crippen MR) is 91.1 cm³/mol. The van der Waals surface area contributed by atoms with Crippen LogP contribution in [0.5, 0.6) is 0 Å². The van der Waals surface area contributed by atoms with Crippen molar-refractivity contribution in [2.24, 2.45) is 0 Å². The summed E-state index contributed by atoms with van der Waals surface area (Å²) < 4.78 is 4.99. The maximum absolute atomic E-state index is 12.5. The fourth-order valence-corrected chi connectivity index (χ4v) is 3.45. The van der Waals surface area contributed by atoms with Crippen molar-refractivity contribution in [3.8, 4) is 0 Å². The van der Waals surface area contributed by atoms with Gasteiger partial charge in [0.2, 0.25) is 0 Å². The smallest absolute Gasteiger partial charge is 0.341 e. The van der Waals surface area contributed by atoms with Crippen molar-refractivity contribution in [3.05, 3.63) is 46.8 Å². The average molecular weight is 335 g/mol. The van der Waals surface area contributed by atoms with Gasteiger partial charge in [0.1, 0.15) is 5.00 Å². The van der Waals surface area contributed by atoms with Gasteiger partial charge in [0.15, 0.2) is 0 Å². The fourth-order valence-electron chi connectivity index (χ4n) is 1.88. The van der Waals surface area contributed by atoms with E-state index in [0.29, 0.717) is 22.7 Å². The lowest BCUT2D eigenvalue weighted by atomic mass is 10.2. The number of carbonyl (C=O) groups is 2. The standard InChI is InChI=1S/C16H17NO3S2/c1-3-20-16(19)12-9-10-22-15(12)17-14(18)11-7-5-6-8-13(11)21-4-2/h5-10H,3-4H2,1-2H3,(H,17,18). The lowest BCUT2D eigenvalue weighted by Gasteiger charge is -2.09. The quantitative estimate of drug-likeness (QED) is 0.632. The zero-order valence-electron chi connectivity index (χ0n) is 12.4. The van der Waals surface area contributed by atoms with Gasteiger partial charge in [0.25, 0.3) is 5.91 Å². The summed E-state index contributed by atoms with van der Waals surface area (Å²) in [5.41, 5.74) is 0.999. The summed E-state index contributed by atoms with van der Waals surface area (Å²) in [5, 5.41) is 5.08. The fraction of sp³-hybridized carbons (Fsp3) is 0.250. The third-order valence-electron chi connectivity index (χ3n) is 2.82. The number of rotatable bonds is 6. The van der Waals surface area contributed by atoms with Crippen LogP contribution in [0.3, 0.4) is 0 Å². The van der Waals surface area contributed by atoms with Crippen molar-refractivity contribution < 1.29 is 14.3 Å². The van der Waals surface area contributed by atoms with Crippen molar-refractivity contribution in [1.82, 2.24) is 0 Å². The predicted octanol–water partition coefficient (Wildman–Crippen LogP) is 4.29. The molecule has 1 heterocycles. The number of amides is 1. The maximum atomic E-state index is 12.5. The summed E-state index contributed by atoms with van der Waals surface area (Å²) in [4.78, 5) is 25.2. The average Bonchev–Trinajstić information content (AvgIpc) is 2.96. The van der Waals surface area contributed by atoms with Gasteiger partial charge >= 0.3 is 5.97 Å². The Kier molecular flexibility index (Phi) is 6.03. The largest absolute Gasteiger partial charge is 0.462 e. The van der Waals surface area contributed by atoms with Crippen LogP contribution in [0.25, 0.3) is 0 Å². The van der Waals surface area contributed by atoms with E-state index in [-0.39, 0.29) is 5.91 Å². The molecule has 2 rings (SSSR count). The van der Waals surface area contributed by atoms with E-state index in [0.717, 1.165) is 10.6 Å². The molecule has 0 saturated carbocycles. The molecule has 0 aliphatic carbocycles. The van der Waals surface area contributed by atoms with E-state index in [9.17, 15) is 9.59 Å². The zero-order valence-corrected chi connectivity index (χ0v) is 14.1. The van der Waals surface area contributed by atoms with Gasteiger partial charge in [0.05, 0.1) is 17.7 Å². The van der Waals surface area contributed by atoms with Gasteiger partial charge in [-0.2, -0.15) is 0 Å². The van der Waals surface area contributed by atoms with Crippen LogP contribution in [0.1, 0.15) is 34.6 Å². The van der Waals surface area contributed by atoms with Crippen molar-refractivity contribution in [3.63, 3.8) is 0 Å². The molecule has 0 aliphatic rings. The molecule has 6 heteroatoms. The van der Waals surface area contributed by atoms with Crippen molar-refractivity contribution >= 4 is 40.0 Å². The van der Waals surface area contributed by atoms with Gasteiger partial charge in [-0.3, -0.25) is 4.79 Å². The van der Waals surface area contributed by atoms with Crippen molar-refractivity contribution in [2.75, 3.05) is 17.7 Å². The van der Waals surface area contributed by atoms with Gasteiger partial charge < -0.3 is 10.1 Å². The Morgan fingerprint density at radius 3 is 2.68 bits per heavy atom. The maximum Gasteiger partial charge on any atom is 0.341 e. The molecule has 1 amide bonds. The topological polar surface area (TPSA) is 55.4 Å². The van der Waals surface area contributed by atoms with Crippen LogP contribution in [0.2, 0.25) is 0 Å². The first-order chi connectivity index (χ1) is 10.7. The molecule has 0 unspecified atom stereocenters. The molecular weight excluding hydrogens is 318 g/mol. The highest BCUT2D eigenvalue weighted by atomic mass is 32.2. The number of carbonyl (C=O) groups excluding carboxylic acids is 2. The van der Waals surface area contributed by atoms with E-state index in [1.165, 1.54) is 11.3 Å². The van der Waals surface area contributed by atoms with E-state index < -0.39 is 5.97 Å². The molecule has 1 N–H and O–H groups in total. The van der Waals surface area contributed by atoms with Crippen molar-refractivity contribution in [2.45, 2.75) is 18.7 Å². The zero-order chi connectivity index (χ0) is 15.9. The molecule has 1 aromatic heterocycles. The summed E-state index contributed by atoms with van der Waals surface area (Å²) in [6.45, 7) is 4.09. The number of hydrogen-bond acceptors (Lipinski definition) is 5. The van der Waals surface area contributed by atoms with Crippen LogP contribution in [0.4, 0.5) is 5.00 Å². The molecule has 0 bridgehead atoms. The highest BCUT2D eigenvalue weighted by molar-refractivity contribution is 7.99. The number of thioether (sulfide) groups is 1. The van der Waals surface area contributed by atoms with Gasteiger partial charge in [0, 0.05) is 4.90 Å². The lowest BCUT2D eigenvalue weighted by molar-refractivity contribution is 0.0528. The lowest BCUT2D eigenvalue weighted by Crippen LogP contribution is -2.15. The van der Waals surface area contributed by atoms with Crippen LogP contribution >= 0.6 is 23.1 Å². The first-order valence-electron chi connectivity index (χ1n) is 6.95. The number of hydrogen-bond donors (Lipinski definition) is 1. The van der Waals surface area contributed by atoms with E-state index in [1.54, 1.807) is 36.2 Å².